The highest BCUT2D eigenvalue weighted by Gasteiger charge is 2.17. The predicted molar refractivity (Wildman–Crippen MR) is 94.2 cm³/mol. The van der Waals surface area contributed by atoms with E-state index in [1.54, 1.807) is 24.5 Å². The summed E-state index contributed by atoms with van der Waals surface area (Å²) in [4.78, 5) is 4.08. The van der Waals surface area contributed by atoms with Gasteiger partial charge >= 0.3 is 0 Å². The molecule has 0 aliphatic rings. The van der Waals surface area contributed by atoms with Gasteiger partial charge in [0.2, 0.25) is 0 Å². The van der Waals surface area contributed by atoms with E-state index >= 15 is 0 Å². The molecule has 0 N–H and O–H groups in total. The number of halogens is 1. The van der Waals surface area contributed by atoms with Gasteiger partial charge in [0.25, 0.3) is 0 Å². The molecule has 0 fully saturated rings. The van der Waals surface area contributed by atoms with Crippen molar-refractivity contribution in [2.75, 3.05) is 0 Å². The Kier molecular flexibility index (Phi) is 4.04. The van der Waals surface area contributed by atoms with Crippen molar-refractivity contribution in [1.29, 1.82) is 0 Å². The lowest BCUT2D eigenvalue weighted by Gasteiger charge is -2.09. The summed E-state index contributed by atoms with van der Waals surface area (Å²) in [5.41, 5.74) is 4.54. The molecule has 4 rings (SSSR count). The second kappa shape index (κ2) is 6.65. The lowest BCUT2D eigenvalue weighted by molar-refractivity contribution is 0.628. The molecule has 0 bridgehead atoms. The van der Waals surface area contributed by atoms with Crippen LogP contribution in [0.1, 0.15) is 5.56 Å². The largest absolute Gasteiger partial charge is 0.265 e. The maximum atomic E-state index is 13.3. The van der Waals surface area contributed by atoms with Gasteiger partial charge in [-0.1, -0.05) is 35.5 Å². The lowest BCUT2D eigenvalue weighted by atomic mass is 10.1. The standard InChI is InChI=1S/C20H15FN4/c21-18-8-6-16(7-9-18)19-20(17-10-12-22-13-11-17)25(24-23-19)14-15-4-2-1-3-5-15/h1-13H,14H2. The van der Waals surface area contributed by atoms with Crippen molar-refractivity contribution in [3.05, 3.63) is 90.5 Å². The fourth-order valence-corrected chi connectivity index (χ4v) is 2.78. The molecular formula is C20H15FN4. The lowest BCUT2D eigenvalue weighted by Crippen LogP contribution is -2.04. The molecule has 0 saturated carbocycles. The monoisotopic (exact) mass is 330 g/mol. The van der Waals surface area contributed by atoms with Crippen LogP contribution in [0.15, 0.2) is 79.1 Å². The van der Waals surface area contributed by atoms with Crippen LogP contribution >= 0.6 is 0 Å². The summed E-state index contributed by atoms with van der Waals surface area (Å²) in [6.07, 6.45) is 3.48. The zero-order chi connectivity index (χ0) is 17.1. The molecule has 0 spiro atoms. The van der Waals surface area contributed by atoms with E-state index in [1.165, 1.54) is 12.1 Å². The molecule has 0 aliphatic carbocycles. The van der Waals surface area contributed by atoms with Gasteiger partial charge in [-0.05, 0) is 42.0 Å². The molecule has 0 amide bonds. The minimum atomic E-state index is -0.272. The molecule has 0 saturated heterocycles. The van der Waals surface area contributed by atoms with Gasteiger partial charge < -0.3 is 0 Å². The van der Waals surface area contributed by atoms with Crippen molar-refractivity contribution < 1.29 is 4.39 Å². The minimum Gasteiger partial charge on any atom is -0.265 e. The third kappa shape index (κ3) is 3.17. The minimum absolute atomic E-state index is 0.272. The highest BCUT2D eigenvalue weighted by Crippen LogP contribution is 2.30. The van der Waals surface area contributed by atoms with Gasteiger partial charge in [0.05, 0.1) is 12.2 Å². The van der Waals surface area contributed by atoms with E-state index in [0.717, 1.165) is 28.1 Å². The van der Waals surface area contributed by atoms with Gasteiger partial charge in [0.1, 0.15) is 11.5 Å². The molecular weight excluding hydrogens is 315 g/mol. The fraction of sp³-hybridized carbons (Fsp3) is 0.0500. The van der Waals surface area contributed by atoms with Crippen LogP contribution in [-0.2, 0) is 6.54 Å². The zero-order valence-corrected chi connectivity index (χ0v) is 13.4. The number of nitrogens with zero attached hydrogens (tertiary/aromatic N) is 4. The van der Waals surface area contributed by atoms with Crippen LogP contribution in [0.2, 0.25) is 0 Å². The Morgan fingerprint density at radius 1 is 0.800 bits per heavy atom. The second-order valence-corrected chi connectivity index (χ2v) is 5.67. The first-order valence-electron chi connectivity index (χ1n) is 7.95. The molecule has 5 heteroatoms. The Morgan fingerprint density at radius 3 is 2.24 bits per heavy atom. The van der Waals surface area contributed by atoms with Crippen LogP contribution in [0.25, 0.3) is 22.5 Å². The summed E-state index contributed by atoms with van der Waals surface area (Å²) in [5, 5.41) is 8.70. The molecule has 0 atom stereocenters. The zero-order valence-electron chi connectivity index (χ0n) is 13.4. The topological polar surface area (TPSA) is 43.6 Å². The van der Waals surface area contributed by atoms with E-state index in [0.29, 0.717) is 6.54 Å². The van der Waals surface area contributed by atoms with E-state index < -0.39 is 0 Å². The van der Waals surface area contributed by atoms with Crippen LogP contribution in [0.5, 0.6) is 0 Å². The molecule has 0 radical (unpaired) electrons. The molecule has 2 aromatic heterocycles. The normalized spacial score (nSPS) is 10.8. The predicted octanol–water partition coefficient (Wildman–Crippen LogP) is 4.19. The number of pyridine rings is 1. The van der Waals surface area contributed by atoms with Gasteiger partial charge in [0, 0.05) is 23.5 Å². The quantitative estimate of drug-likeness (QED) is 0.563. The number of rotatable bonds is 4. The Labute approximate surface area is 144 Å². The maximum absolute atomic E-state index is 13.3. The van der Waals surface area contributed by atoms with Crippen molar-refractivity contribution in [1.82, 2.24) is 20.0 Å². The number of hydrogen-bond acceptors (Lipinski definition) is 3. The maximum Gasteiger partial charge on any atom is 0.123 e. The molecule has 25 heavy (non-hydrogen) atoms. The van der Waals surface area contributed by atoms with Crippen molar-refractivity contribution in [3.8, 4) is 22.5 Å². The molecule has 2 heterocycles. The average molecular weight is 330 g/mol. The number of benzene rings is 2. The van der Waals surface area contributed by atoms with Crippen molar-refractivity contribution in [3.63, 3.8) is 0 Å². The van der Waals surface area contributed by atoms with Crippen LogP contribution in [0.3, 0.4) is 0 Å². The van der Waals surface area contributed by atoms with Gasteiger partial charge in [-0.25, -0.2) is 9.07 Å². The van der Waals surface area contributed by atoms with Gasteiger partial charge in [-0.3, -0.25) is 4.98 Å². The summed E-state index contributed by atoms with van der Waals surface area (Å²) in [6, 6.07) is 20.2. The van der Waals surface area contributed by atoms with Gasteiger partial charge in [-0.2, -0.15) is 0 Å². The molecule has 0 aliphatic heterocycles. The van der Waals surface area contributed by atoms with Crippen LogP contribution < -0.4 is 0 Å². The third-order valence-electron chi connectivity index (χ3n) is 3.98. The third-order valence-corrected chi connectivity index (χ3v) is 3.98. The Hall–Kier alpha value is -3.34. The van der Waals surface area contributed by atoms with E-state index in [-0.39, 0.29) is 5.82 Å². The molecule has 122 valence electrons. The van der Waals surface area contributed by atoms with Gasteiger partial charge in [-0.15, -0.1) is 5.10 Å². The first-order chi connectivity index (χ1) is 12.3. The highest BCUT2D eigenvalue weighted by molar-refractivity contribution is 5.77. The first kappa shape index (κ1) is 15.2. The number of hydrogen-bond donors (Lipinski definition) is 0. The summed E-state index contributed by atoms with van der Waals surface area (Å²) < 4.78 is 15.1. The van der Waals surface area contributed by atoms with Crippen molar-refractivity contribution in [2.45, 2.75) is 6.54 Å². The summed E-state index contributed by atoms with van der Waals surface area (Å²) in [6.45, 7) is 0.604. The Morgan fingerprint density at radius 2 is 1.52 bits per heavy atom. The summed E-state index contributed by atoms with van der Waals surface area (Å²) >= 11 is 0. The van der Waals surface area contributed by atoms with E-state index in [2.05, 4.69) is 27.4 Å². The fourth-order valence-electron chi connectivity index (χ4n) is 2.78. The summed E-state index contributed by atoms with van der Waals surface area (Å²) in [7, 11) is 0. The first-order valence-corrected chi connectivity index (χ1v) is 7.95. The van der Waals surface area contributed by atoms with E-state index in [1.807, 2.05) is 35.0 Å². The van der Waals surface area contributed by atoms with Crippen molar-refractivity contribution in [2.24, 2.45) is 0 Å². The molecule has 4 aromatic rings. The van der Waals surface area contributed by atoms with Gasteiger partial charge in [0.15, 0.2) is 0 Å². The van der Waals surface area contributed by atoms with E-state index in [4.69, 9.17) is 0 Å². The number of aromatic nitrogens is 4. The second-order valence-electron chi connectivity index (χ2n) is 5.67. The summed E-state index contributed by atoms with van der Waals surface area (Å²) in [5.74, 6) is -0.272. The smallest absolute Gasteiger partial charge is 0.123 e. The molecule has 4 nitrogen and oxygen atoms in total. The van der Waals surface area contributed by atoms with Crippen LogP contribution in [0.4, 0.5) is 4.39 Å². The van der Waals surface area contributed by atoms with E-state index in [9.17, 15) is 4.39 Å². The SMILES string of the molecule is Fc1ccc(-c2nnn(Cc3ccccc3)c2-c2ccncc2)cc1. The highest BCUT2D eigenvalue weighted by atomic mass is 19.1. The average Bonchev–Trinajstić information content (AvgIpc) is 3.07. The Balaban J connectivity index is 1.83. The Bertz CT molecular complexity index is 964. The molecule has 2 aromatic carbocycles. The van der Waals surface area contributed by atoms with Crippen LogP contribution in [-0.4, -0.2) is 20.0 Å². The molecule has 0 unspecified atom stereocenters. The van der Waals surface area contributed by atoms with Crippen LogP contribution in [0, 0.1) is 5.82 Å². The van der Waals surface area contributed by atoms with Crippen molar-refractivity contribution >= 4 is 0 Å².